The predicted octanol–water partition coefficient (Wildman–Crippen LogP) is -0.0246. The van der Waals surface area contributed by atoms with Gasteiger partial charge in [0.25, 0.3) is 0 Å². The molecule has 0 unspecified atom stereocenters. The van der Waals surface area contributed by atoms with Gasteiger partial charge in [-0.3, -0.25) is 4.79 Å². The fraction of sp³-hybridized carbons (Fsp3) is 0.571. The molecular weight excluding hydrogens is 272 g/mol. The highest BCUT2D eigenvalue weighted by Crippen LogP contribution is 2.16. The molecule has 116 valence electrons. The van der Waals surface area contributed by atoms with Gasteiger partial charge in [-0.2, -0.15) is 0 Å². The lowest BCUT2D eigenvalue weighted by Crippen LogP contribution is -2.49. The van der Waals surface area contributed by atoms with Gasteiger partial charge < -0.3 is 25.0 Å². The number of hydrogen-bond acceptors (Lipinski definition) is 6. The number of nitrogens with zero attached hydrogens (tertiary/aromatic N) is 3. The minimum Gasteiger partial charge on any atom is -0.384 e. The molecule has 2 N–H and O–H groups in total. The zero-order valence-corrected chi connectivity index (χ0v) is 12.3. The van der Waals surface area contributed by atoms with E-state index in [0.717, 1.165) is 18.8 Å². The maximum absolute atomic E-state index is 12.0. The summed E-state index contributed by atoms with van der Waals surface area (Å²) < 4.78 is 10.1. The SMILES string of the molecule is COCCOCC(=O)N1CCN(c2ccc(N)nc2)CC1. The van der Waals surface area contributed by atoms with Crippen LogP contribution in [0.3, 0.4) is 0 Å². The fourth-order valence-electron chi connectivity index (χ4n) is 2.19. The number of aromatic nitrogens is 1. The Morgan fingerprint density at radius 2 is 2.05 bits per heavy atom. The molecule has 1 aromatic rings. The summed E-state index contributed by atoms with van der Waals surface area (Å²) >= 11 is 0. The third-order valence-electron chi connectivity index (χ3n) is 3.43. The van der Waals surface area contributed by atoms with Gasteiger partial charge in [-0.1, -0.05) is 0 Å². The standard InChI is InChI=1S/C14H22N4O3/c1-20-8-9-21-11-14(19)18-6-4-17(5-7-18)12-2-3-13(15)16-10-12/h2-3,10H,4-9,11H2,1H3,(H2,15,16). The molecule has 0 bridgehead atoms. The summed E-state index contributed by atoms with van der Waals surface area (Å²) in [5, 5.41) is 0. The second-order valence-corrected chi connectivity index (χ2v) is 4.85. The highest BCUT2D eigenvalue weighted by molar-refractivity contribution is 5.77. The lowest BCUT2D eigenvalue weighted by atomic mass is 10.2. The van der Waals surface area contributed by atoms with Crippen molar-refractivity contribution in [2.24, 2.45) is 0 Å². The number of piperazine rings is 1. The lowest BCUT2D eigenvalue weighted by molar-refractivity contribution is -0.136. The Labute approximate surface area is 124 Å². The van der Waals surface area contributed by atoms with E-state index in [4.69, 9.17) is 15.2 Å². The average molecular weight is 294 g/mol. The number of carbonyl (C=O) groups excluding carboxylic acids is 1. The third-order valence-corrected chi connectivity index (χ3v) is 3.43. The lowest BCUT2D eigenvalue weighted by Gasteiger charge is -2.35. The minimum atomic E-state index is 0.0289. The van der Waals surface area contributed by atoms with E-state index in [-0.39, 0.29) is 12.5 Å². The van der Waals surface area contributed by atoms with Crippen LogP contribution in [0.2, 0.25) is 0 Å². The molecule has 7 heteroatoms. The number of carbonyl (C=O) groups is 1. The zero-order valence-electron chi connectivity index (χ0n) is 12.3. The number of methoxy groups -OCH3 is 1. The Bertz CT molecular complexity index is 444. The van der Waals surface area contributed by atoms with E-state index < -0.39 is 0 Å². The molecule has 0 aromatic carbocycles. The Kier molecular flexibility index (Phi) is 5.77. The van der Waals surface area contributed by atoms with Crippen molar-refractivity contribution in [1.82, 2.24) is 9.88 Å². The van der Waals surface area contributed by atoms with Gasteiger partial charge in [0.05, 0.1) is 25.1 Å². The Morgan fingerprint density at radius 3 is 2.67 bits per heavy atom. The van der Waals surface area contributed by atoms with E-state index in [1.54, 1.807) is 19.4 Å². The number of amides is 1. The van der Waals surface area contributed by atoms with Crippen LogP contribution in [0.15, 0.2) is 18.3 Å². The molecule has 0 radical (unpaired) electrons. The molecule has 1 fully saturated rings. The van der Waals surface area contributed by atoms with Gasteiger partial charge in [0, 0.05) is 33.3 Å². The van der Waals surface area contributed by atoms with E-state index in [1.165, 1.54) is 0 Å². The van der Waals surface area contributed by atoms with Crippen molar-refractivity contribution in [2.45, 2.75) is 0 Å². The third kappa shape index (κ3) is 4.57. The molecule has 1 saturated heterocycles. The first kappa shape index (κ1) is 15.5. The molecule has 0 atom stereocenters. The summed E-state index contributed by atoms with van der Waals surface area (Å²) in [6.45, 7) is 4.02. The highest BCUT2D eigenvalue weighted by Gasteiger charge is 2.21. The molecule has 0 saturated carbocycles. The van der Waals surface area contributed by atoms with Crippen molar-refractivity contribution in [3.63, 3.8) is 0 Å². The van der Waals surface area contributed by atoms with Gasteiger partial charge in [-0.05, 0) is 12.1 Å². The van der Waals surface area contributed by atoms with Crippen molar-refractivity contribution >= 4 is 17.4 Å². The summed E-state index contributed by atoms with van der Waals surface area (Å²) in [7, 11) is 1.61. The van der Waals surface area contributed by atoms with Crippen molar-refractivity contribution in [3.8, 4) is 0 Å². The molecule has 7 nitrogen and oxygen atoms in total. The smallest absolute Gasteiger partial charge is 0.248 e. The first-order valence-electron chi connectivity index (χ1n) is 7.01. The van der Waals surface area contributed by atoms with Crippen LogP contribution in [0, 0.1) is 0 Å². The number of ether oxygens (including phenoxy) is 2. The molecular formula is C14H22N4O3. The fourth-order valence-corrected chi connectivity index (χ4v) is 2.19. The minimum absolute atomic E-state index is 0.0289. The van der Waals surface area contributed by atoms with Crippen LogP contribution in [0.1, 0.15) is 0 Å². The molecule has 21 heavy (non-hydrogen) atoms. The number of hydrogen-bond donors (Lipinski definition) is 1. The van der Waals surface area contributed by atoms with Crippen LogP contribution in [-0.4, -0.2) is 68.9 Å². The number of anilines is 2. The largest absolute Gasteiger partial charge is 0.384 e. The van der Waals surface area contributed by atoms with E-state index in [2.05, 4.69) is 9.88 Å². The maximum atomic E-state index is 12.0. The van der Waals surface area contributed by atoms with Crippen LogP contribution in [0.5, 0.6) is 0 Å². The van der Waals surface area contributed by atoms with Crippen LogP contribution in [-0.2, 0) is 14.3 Å². The van der Waals surface area contributed by atoms with Crippen molar-refractivity contribution in [1.29, 1.82) is 0 Å². The summed E-state index contributed by atoms with van der Waals surface area (Å²) in [4.78, 5) is 20.1. The maximum Gasteiger partial charge on any atom is 0.248 e. The van der Waals surface area contributed by atoms with Crippen molar-refractivity contribution in [2.75, 3.05) is 63.7 Å². The Morgan fingerprint density at radius 1 is 1.29 bits per heavy atom. The van der Waals surface area contributed by atoms with Crippen LogP contribution >= 0.6 is 0 Å². The first-order valence-corrected chi connectivity index (χ1v) is 7.01. The van der Waals surface area contributed by atoms with Crippen LogP contribution in [0.25, 0.3) is 0 Å². The first-order chi connectivity index (χ1) is 10.2. The zero-order chi connectivity index (χ0) is 15.1. The Balaban J connectivity index is 1.75. The topological polar surface area (TPSA) is 80.9 Å². The summed E-state index contributed by atoms with van der Waals surface area (Å²) in [5.41, 5.74) is 6.62. The van der Waals surface area contributed by atoms with E-state index in [9.17, 15) is 4.79 Å². The van der Waals surface area contributed by atoms with E-state index in [1.807, 2.05) is 11.0 Å². The summed E-state index contributed by atoms with van der Waals surface area (Å²) in [6, 6.07) is 3.74. The number of nitrogen functional groups attached to an aromatic ring is 1. The molecule has 1 aromatic heterocycles. The van der Waals surface area contributed by atoms with E-state index in [0.29, 0.717) is 32.1 Å². The number of pyridine rings is 1. The summed E-state index contributed by atoms with van der Waals surface area (Å²) in [5.74, 6) is 0.543. The van der Waals surface area contributed by atoms with Crippen molar-refractivity contribution in [3.05, 3.63) is 18.3 Å². The van der Waals surface area contributed by atoms with Gasteiger partial charge in [0.2, 0.25) is 5.91 Å². The molecule has 1 aliphatic rings. The average Bonchev–Trinajstić information content (AvgIpc) is 2.52. The monoisotopic (exact) mass is 294 g/mol. The molecule has 1 amide bonds. The Hall–Kier alpha value is -1.86. The second kappa shape index (κ2) is 7.80. The highest BCUT2D eigenvalue weighted by atomic mass is 16.5. The quantitative estimate of drug-likeness (QED) is 0.742. The van der Waals surface area contributed by atoms with Crippen LogP contribution in [0.4, 0.5) is 11.5 Å². The van der Waals surface area contributed by atoms with Crippen molar-refractivity contribution < 1.29 is 14.3 Å². The predicted molar refractivity (Wildman–Crippen MR) is 80.1 cm³/mol. The van der Waals surface area contributed by atoms with Gasteiger partial charge in [-0.25, -0.2) is 4.98 Å². The van der Waals surface area contributed by atoms with Gasteiger partial charge in [0.1, 0.15) is 12.4 Å². The van der Waals surface area contributed by atoms with Gasteiger partial charge in [0.15, 0.2) is 0 Å². The summed E-state index contributed by atoms with van der Waals surface area (Å²) in [6.07, 6.45) is 1.76. The number of rotatable bonds is 6. The molecule has 2 heterocycles. The molecule has 2 rings (SSSR count). The van der Waals surface area contributed by atoms with Gasteiger partial charge >= 0.3 is 0 Å². The molecule has 0 spiro atoms. The van der Waals surface area contributed by atoms with E-state index >= 15 is 0 Å². The molecule has 1 aliphatic heterocycles. The van der Waals surface area contributed by atoms with Gasteiger partial charge in [-0.15, -0.1) is 0 Å². The number of nitrogens with two attached hydrogens (primary N) is 1. The normalized spacial score (nSPS) is 15.3. The molecule has 0 aliphatic carbocycles. The second-order valence-electron chi connectivity index (χ2n) is 4.85. The van der Waals surface area contributed by atoms with Crippen LogP contribution < -0.4 is 10.6 Å².